The number of aryl methyl sites for hydroxylation is 1. The molecule has 0 bridgehead atoms. The number of rotatable bonds is 5. The van der Waals surface area contributed by atoms with E-state index in [0.29, 0.717) is 13.1 Å². The van der Waals surface area contributed by atoms with E-state index in [1.807, 2.05) is 42.2 Å². The quantitative estimate of drug-likeness (QED) is 0.691. The van der Waals surface area contributed by atoms with Crippen molar-refractivity contribution in [1.29, 1.82) is 0 Å². The number of amides is 1. The van der Waals surface area contributed by atoms with Gasteiger partial charge in [-0.05, 0) is 50.0 Å². The highest BCUT2D eigenvalue weighted by molar-refractivity contribution is 5.92. The van der Waals surface area contributed by atoms with Crippen LogP contribution in [0.1, 0.15) is 30.5 Å². The fraction of sp³-hybridized carbons (Fsp3) is 0.458. The molecule has 1 aromatic carbocycles. The normalized spacial score (nSPS) is 17.3. The molecule has 3 heterocycles. The summed E-state index contributed by atoms with van der Waals surface area (Å²) in [5, 5.41) is 0. The molecule has 0 radical (unpaired) electrons. The smallest absolute Gasteiger partial charge is 0.246 e. The maximum Gasteiger partial charge on any atom is 0.246 e. The summed E-state index contributed by atoms with van der Waals surface area (Å²) in [6, 6.07) is 9.75. The van der Waals surface area contributed by atoms with E-state index in [0.717, 1.165) is 55.0 Å². The number of aromatic nitrogens is 2. The first-order valence-corrected chi connectivity index (χ1v) is 11.1. The standard InChI is InChI=1S/C24H31N5O2/c1-19-18-22(27-12-4-3-5-13-27)26-24(25-19)29-16-14-28(15-17-29)23(30)11-8-20-6-9-21(31-2)10-7-20/h6-11,18H,3-5,12-17H2,1-2H3/b11-8+. The van der Waals surface area contributed by atoms with Crippen molar-refractivity contribution in [2.24, 2.45) is 0 Å². The second-order valence-electron chi connectivity index (χ2n) is 8.13. The average molecular weight is 422 g/mol. The number of hydrogen-bond donors (Lipinski definition) is 0. The molecule has 164 valence electrons. The fourth-order valence-electron chi connectivity index (χ4n) is 4.08. The van der Waals surface area contributed by atoms with Gasteiger partial charge in [0.05, 0.1) is 7.11 Å². The van der Waals surface area contributed by atoms with Gasteiger partial charge >= 0.3 is 0 Å². The summed E-state index contributed by atoms with van der Waals surface area (Å²) in [5.74, 6) is 2.65. The van der Waals surface area contributed by atoms with Gasteiger partial charge in [0.25, 0.3) is 0 Å². The Morgan fingerprint density at radius 1 is 0.935 bits per heavy atom. The van der Waals surface area contributed by atoms with Gasteiger partial charge in [-0.2, -0.15) is 4.98 Å². The van der Waals surface area contributed by atoms with Gasteiger partial charge in [-0.1, -0.05) is 12.1 Å². The van der Waals surface area contributed by atoms with E-state index >= 15 is 0 Å². The zero-order valence-electron chi connectivity index (χ0n) is 18.5. The first-order chi connectivity index (χ1) is 15.1. The lowest BCUT2D eigenvalue weighted by atomic mass is 10.1. The van der Waals surface area contributed by atoms with Crippen molar-refractivity contribution in [2.45, 2.75) is 26.2 Å². The highest BCUT2D eigenvalue weighted by atomic mass is 16.5. The lowest BCUT2D eigenvalue weighted by Gasteiger charge is -2.35. The fourth-order valence-corrected chi connectivity index (χ4v) is 4.08. The van der Waals surface area contributed by atoms with Crippen molar-refractivity contribution in [2.75, 3.05) is 56.2 Å². The van der Waals surface area contributed by atoms with Crippen LogP contribution >= 0.6 is 0 Å². The lowest BCUT2D eigenvalue weighted by Crippen LogP contribution is -2.49. The molecule has 0 unspecified atom stereocenters. The third kappa shape index (κ3) is 5.34. The van der Waals surface area contributed by atoms with Gasteiger partial charge < -0.3 is 19.4 Å². The third-order valence-corrected chi connectivity index (χ3v) is 5.92. The Balaban J connectivity index is 1.35. The van der Waals surface area contributed by atoms with Gasteiger partial charge in [-0.25, -0.2) is 4.98 Å². The van der Waals surface area contributed by atoms with E-state index in [1.54, 1.807) is 13.2 Å². The molecule has 0 aliphatic carbocycles. The van der Waals surface area contributed by atoms with Crippen LogP contribution in [0.5, 0.6) is 5.75 Å². The maximum absolute atomic E-state index is 12.6. The van der Waals surface area contributed by atoms with Gasteiger partial charge in [0.15, 0.2) is 0 Å². The Morgan fingerprint density at radius 3 is 2.32 bits per heavy atom. The molecule has 2 aliphatic rings. The minimum atomic E-state index is 0.0367. The Kier molecular flexibility index (Phi) is 6.70. The van der Waals surface area contributed by atoms with Gasteiger partial charge in [0.2, 0.25) is 11.9 Å². The first-order valence-electron chi connectivity index (χ1n) is 11.1. The van der Waals surface area contributed by atoms with E-state index in [4.69, 9.17) is 9.72 Å². The summed E-state index contributed by atoms with van der Waals surface area (Å²) in [4.78, 5) is 28.6. The van der Waals surface area contributed by atoms with E-state index in [2.05, 4.69) is 20.9 Å². The number of anilines is 2. The Labute approximate surface area is 184 Å². The van der Waals surface area contributed by atoms with Gasteiger partial charge in [-0.15, -0.1) is 0 Å². The van der Waals surface area contributed by atoms with Gasteiger partial charge in [0.1, 0.15) is 11.6 Å². The van der Waals surface area contributed by atoms with Crippen LogP contribution in [0.15, 0.2) is 36.4 Å². The summed E-state index contributed by atoms with van der Waals surface area (Å²) < 4.78 is 5.17. The Hall–Kier alpha value is -3.09. The number of benzene rings is 1. The van der Waals surface area contributed by atoms with Gasteiger partial charge in [-0.3, -0.25) is 4.79 Å². The second kappa shape index (κ2) is 9.81. The molecule has 2 fully saturated rings. The molecule has 2 aromatic rings. The summed E-state index contributed by atoms with van der Waals surface area (Å²) in [6.07, 6.45) is 7.25. The molecule has 0 saturated carbocycles. The number of carbonyl (C=O) groups is 1. The van der Waals surface area contributed by atoms with Crippen LogP contribution in [-0.4, -0.2) is 67.2 Å². The van der Waals surface area contributed by atoms with Crippen LogP contribution < -0.4 is 14.5 Å². The summed E-state index contributed by atoms with van der Waals surface area (Å²) in [7, 11) is 1.64. The lowest BCUT2D eigenvalue weighted by molar-refractivity contribution is -0.126. The van der Waals surface area contributed by atoms with Crippen LogP contribution in [0, 0.1) is 6.92 Å². The van der Waals surface area contributed by atoms with Crippen LogP contribution in [0.4, 0.5) is 11.8 Å². The Bertz CT molecular complexity index is 914. The van der Waals surface area contributed by atoms with E-state index in [1.165, 1.54) is 19.3 Å². The van der Waals surface area contributed by atoms with E-state index in [9.17, 15) is 4.79 Å². The molecule has 1 amide bonds. The van der Waals surface area contributed by atoms with Crippen LogP contribution in [-0.2, 0) is 4.79 Å². The molecule has 0 atom stereocenters. The molecule has 1 aromatic heterocycles. The largest absolute Gasteiger partial charge is 0.497 e. The SMILES string of the molecule is COc1ccc(/C=C/C(=O)N2CCN(c3nc(C)cc(N4CCCCC4)n3)CC2)cc1. The van der Waals surface area contributed by atoms with Crippen molar-refractivity contribution < 1.29 is 9.53 Å². The molecule has 31 heavy (non-hydrogen) atoms. The molecule has 2 aliphatic heterocycles. The van der Waals surface area contributed by atoms with Crippen molar-refractivity contribution in [1.82, 2.24) is 14.9 Å². The number of nitrogens with zero attached hydrogens (tertiary/aromatic N) is 5. The predicted molar refractivity (Wildman–Crippen MR) is 124 cm³/mol. The zero-order chi connectivity index (χ0) is 21.6. The van der Waals surface area contributed by atoms with Crippen molar-refractivity contribution in [3.63, 3.8) is 0 Å². The molecular formula is C24H31N5O2. The number of ether oxygens (including phenoxy) is 1. The molecule has 7 heteroatoms. The molecule has 4 rings (SSSR count). The summed E-state index contributed by atoms with van der Waals surface area (Å²) in [6.45, 7) is 6.99. The second-order valence-corrected chi connectivity index (χ2v) is 8.13. The van der Waals surface area contributed by atoms with E-state index in [-0.39, 0.29) is 5.91 Å². The topological polar surface area (TPSA) is 61.8 Å². The van der Waals surface area contributed by atoms with Crippen molar-refractivity contribution >= 4 is 23.7 Å². The number of carbonyl (C=O) groups excluding carboxylic acids is 1. The molecule has 0 spiro atoms. The molecular weight excluding hydrogens is 390 g/mol. The third-order valence-electron chi connectivity index (χ3n) is 5.92. The number of piperazine rings is 1. The summed E-state index contributed by atoms with van der Waals surface area (Å²) >= 11 is 0. The highest BCUT2D eigenvalue weighted by Gasteiger charge is 2.23. The minimum Gasteiger partial charge on any atom is -0.497 e. The first kappa shape index (κ1) is 21.2. The minimum absolute atomic E-state index is 0.0367. The maximum atomic E-state index is 12.6. The monoisotopic (exact) mass is 421 g/mol. The number of piperidine rings is 1. The van der Waals surface area contributed by atoms with Crippen molar-refractivity contribution in [3.8, 4) is 5.75 Å². The number of hydrogen-bond acceptors (Lipinski definition) is 6. The molecule has 7 nitrogen and oxygen atoms in total. The van der Waals surface area contributed by atoms with Crippen LogP contribution in [0.25, 0.3) is 6.08 Å². The van der Waals surface area contributed by atoms with E-state index < -0.39 is 0 Å². The Morgan fingerprint density at radius 2 is 1.65 bits per heavy atom. The predicted octanol–water partition coefficient (Wildman–Crippen LogP) is 3.15. The molecule has 0 N–H and O–H groups in total. The van der Waals surface area contributed by atoms with Crippen molar-refractivity contribution in [3.05, 3.63) is 47.7 Å². The van der Waals surface area contributed by atoms with Crippen LogP contribution in [0.2, 0.25) is 0 Å². The molecule has 2 saturated heterocycles. The average Bonchev–Trinajstić information content (AvgIpc) is 2.83. The number of methoxy groups -OCH3 is 1. The van der Waals surface area contributed by atoms with Gasteiger partial charge in [0, 0.05) is 57.1 Å². The highest BCUT2D eigenvalue weighted by Crippen LogP contribution is 2.22. The zero-order valence-corrected chi connectivity index (χ0v) is 18.5. The summed E-state index contributed by atoms with van der Waals surface area (Å²) in [5.41, 5.74) is 1.97. The van der Waals surface area contributed by atoms with Crippen LogP contribution in [0.3, 0.4) is 0 Å².